The van der Waals surface area contributed by atoms with Crippen LogP contribution in [0.4, 0.5) is 0 Å². The van der Waals surface area contributed by atoms with Gasteiger partial charge in [0.15, 0.2) is 0 Å². The first-order valence-electron chi connectivity index (χ1n) is 5.79. The Bertz CT molecular complexity index is 240. The van der Waals surface area contributed by atoms with Gasteiger partial charge in [0.25, 0.3) is 0 Å². The Hall–Kier alpha value is -0.810. The normalized spacial score (nSPS) is 32.5. The number of rotatable bonds is 1. The van der Waals surface area contributed by atoms with Gasteiger partial charge in [-0.15, -0.1) is 0 Å². The van der Waals surface area contributed by atoms with Crippen LogP contribution in [0.2, 0.25) is 0 Å². The maximum Gasteiger partial charge on any atom is 0.205 e. The van der Waals surface area contributed by atoms with Gasteiger partial charge in [0.1, 0.15) is 0 Å². The van der Waals surface area contributed by atoms with E-state index in [1.165, 1.54) is 38.8 Å². The van der Waals surface area contributed by atoms with Gasteiger partial charge in [0.2, 0.25) is 5.96 Å². The number of guanidine groups is 1. The molecule has 0 aromatic rings. The predicted octanol–water partition coefficient (Wildman–Crippen LogP) is -0.348. The van der Waals surface area contributed by atoms with Crippen molar-refractivity contribution in [3.8, 4) is 0 Å². The molecule has 4 N–H and O–H groups in total. The highest BCUT2D eigenvalue weighted by atomic mass is 15.4. The summed E-state index contributed by atoms with van der Waals surface area (Å²) in [6.07, 6.45) is 5.21. The number of nitrogens with one attached hydrogen (secondary N) is 2. The van der Waals surface area contributed by atoms with Crippen molar-refractivity contribution < 1.29 is 0 Å². The molecule has 2 unspecified atom stereocenters. The lowest BCUT2D eigenvalue weighted by Gasteiger charge is -2.32. The van der Waals surface area contributed by atoms with E-state index in [0.717, 1.165) is 0 Å². The summed E-state index contributed by atoms with van der Waals surface area (Å²) in [4.78, 5) is 6.65. The molecule has 15 heavy (non-hydrogen) atoms. The summed E-state index contributed by atoms with van der Waals surface area (Å²) in [6, 6.07) is 1.20. The fourth-order valence-electron chi connectivity index (χ4n) is 2.76. The molecule has 2 fully saturated rings. The van der Waals surface area contributed by atoms with Crippen LogP contribution in [0.3, 0.4) is 0 Å². The topological polar surface area (TPSA) is 65.7 Å². The lowest BCUT2D eigenvalue weighted by Crippen LogP contribution is -2.51. The molecule has 0 aromatic carbocycles. The van der Waals surface area contributed by atoms with Gasteiger partial charge in [0, 0.05) is 25.7 Å². The molecular weight excluding hydrogens is 190 g/mol. The van der Waals surface area contributed by atoms with Crippen molar-refractivity contribution >= 4 is 5.96 Å². The molecule has 2 rings (SSSR count). The molecule has 2 aliphatic heterocycles. The molecular formula is C10H21N5. The third-order valence-corrected chi connectivity index (χ3v) is 3.54. The van der Waals surface area contributed by atoms with E-state index in [1.807, 2.05) is 0 Å². The first-order chi connectivity index (χ1) is 7.35. The van der Waals surface area contributed by atoms with Crippen LogP contribution in [-0.4, -0.2) is 43.1 Å². The monoisotopic (exact) mass is 211 g/mol. The number of nitrogens with zero attached hydrogens (tertiary/aromatic N) is 2. The summed E-state index contributed by atoms with van der Waals surface area (Å²) >= 11 is 0. The van der Waals surface area contributed by atoms with E-state index in [0.29, 0.717) is 18.0 Å². The van der Waals surface area contributed by atoms with Crippen LogP contribution in [0.5, 0.6) is 0 Å². The van der Waals surface area contributed by atoms with Crippen LogP contribution in [-0.2, 0) is 0 Å². The minimum absolute atomic E-state index is 0.514. The van der Waals surface area contributed by atoms with Crippen molar-refractivity contribution in [1.29, 1.82) is 0 Å². The molecule has 0 saturated carbocycles. The quantitative estimate of drug-likeness (QED) is 0.240. The van der Waals surface area contributed by atoms with Crippen LogP contribution in [0.15, 0.2) is 4.99 Å². The zero-order chi connectivity index (χ0) is 10.7. The molecule has 0 aliphatic carbocycles. The van der Waals surface area contributed by atoms with Crippen LogP contribution >= 0.6 is 0 Å². The molecule has 0 amide bonds. The van der Waals surface area contributed by atoms with E-state index in [2.05, 4.69) is 20.6 Å². The minimum Gasteiger partial charge on any atom is -0.351 e. The third kappa shape index (κ3) is 2.23. The van der Waals surface area contributed by atoms with Crippen molar-refractivity contribution in [2.75, 3.05) is 20.1 Å². The number of fused-ring (bicyclic) bond motifs is 1. The number of nitrogens with two attached hydrogens (primary N) is 1. The molecule has 0 aromatic heterocycles. The van der Waals surface area contributed by atoms with E-state index >= 15 is 0 Å². The fourth-order valence-corrected chi connectivity index (χ4v) is 2.76. The summed E-state index contributed by atoms with van der Waals surface area (Å²) in [5.74, 6) is 6.07. The Morgan fingerprint density at radius 1 is 1.33 bits per heavy atom. The number of piperidine rings is 1. The predicted molar refractivity (Wildman–Crippen MR) is 61.4 cm³/mol. The van der Waals surface area contributed by atoms with Gasteiger partial charge in [-0.3, -0.25) is 15.3 Å². The van der Waals surface area contributed by atoms with Gasteiger partial charge >= 0.3 is 0 Å². The number of hydrazine groups is 1. The summed E-state index contributed by atoms with van der Waals surface area (Å²) in [5, 5.41) is 3.39. The van der Waals surface area contributed by atoms with Crippen molar-refractivity contribution in [3.05, 3.63) is 0 Å². The van der Waals surface area contributed by atoms with Crippen molar-refractivity contribution in [1.82, 2.24) is 15.6 Å². The highest BCUT2D eigenvalue weighted by Crippen LogP contribution is 2.26. The summed E-state index contributed by atoms with van der Waals surface area (Å²) in [5.41, 5.74) is 2.59. The van der Waals surface area contributed by atoms with E-state index in [1.54, 1.807) is 7.05 Å². The molecule has 2 heterocycles. The molecule has 5 nitrogen and oxygen atoms in total. The maximum atomic E-state index is 5.37. The van der Waals surface area contributed by atoms with Gasteiger partial charge in [-0.25, -0.2) is 5.84 Å². The molecule has 2 atom stereocenters. The highest BCUT2D eigenvalue weighted by Gasteiger charge is 2.35. The summed E-state index contributed by atoms with van der Waals surface area (Å²) in [6.45, 7) is 2.47. The molecule has 86 valence electrons. The van der Waals surface area contributed by atoms with Gasteiger partial charge in [-0.05, 0) is 25.8 Å². The number of aliphatic imine (C=N–C) groups is 1. The van der Waals surface area contributed by atoms with Crippen LogP contribution < -0.4 is 16.6 Å². The third-order valence-electron chi connectivity index (χ3n) is 3.54. The fraction of sp³-hybridized carbons (Fsp3) is 0.900. The average Bonchev–Trinajstić information content (AvgIpc) is 2.69. The average molecular weight is 211 g/mol. The van der Waals surface area contributed by atoms with Gasteiger partial charge in [-0.2, -0.15) is 0 Å². The maximum absolute atomic E-state index is 5.37. The first kappa shape index (κ1) is 10.7. The van der Waals surface area contributed by atoms with Crippen LogP contribution in [0.25, 0.3) is 0 Å². The summed E-state index contributed by atoms with van der Waals surface area (Å²) in [7, 11) is 1.75. The van der Waals surface area contributed by atoms with Gasteiger partial charge < -0.3 is 5.32 Å². The van der Waals surface area contributed by atoms with Crippen LogP contribution in [0, 0.1) is 0 Å². The van der Waals surface area contributed by atoms with E-state index < -0.39 is 0 Å². The lowest BCUT2D eigenvalue weighted by molar-refractivity contribution is 0.185. The zero-order valence-corrected chi connectivity index (χ0v) is 9.37. The van der Waals surface area contributed by atoms with Crippen LogP contribution in [0.1, 0.15) is 25.7 Å². The zero-order valence-electron chi connectivity index (χ0n) is 9.37. The molecule has 0 spiro atoms. The molecule has 0 bridgehead atoms. The second-order valence-electron chi connectivity index (χ2n) is 4.36. The molecule has 2 aliphatic rings. The first-order valence-corrected chi connectivity index (χ1v) is 5.79. The smallest absolute Gasteiger partial charge is 0.205 e. The Labute approximate surface area is 91.1 Å². The Balaban J connectivity index is 1.93. The second kappa shape index (κ2) is 4.81. The number of hydrogen-bond donors (Lipinski definition) is 3. The SMILES string of the molecule is CN=C(NN)NC1CCN2CCCCC12. The lowest BCUT2D eigenvalue weighted by atomic mass is 9.99. The molecule has 5 heteroatoms. The van der Waals surface area contributed by atoms with E-state index in [4.69, 9.17) is 5.84 Å². The van der Waals surface area contributed by atoms with Crippen molar-refractivity contribution in [2.24, 2.45) is 10.8 Å². The minimum atomic E-state index is 0.514. The van der Waals surface area contributed by atoms with E-state index in [-0.39, 0.29) is 0 Å². The van der Waals surface area contributed by atoms with Crippen molar-refractivity contribution in [3.63, 3.8) is 0 Å². The molecule has 2 saturated heterocycles. The number of hydrogen-bond acceptors (Lipinski definition) is 3. The summed E-state index contributed by atoms with van der Waals surface area (Å²) < 4.78 is 0. The Morgan fingerprint density at radius 2 is 2.20 bits per heavy atom. The Morgan fingerprint density at radius 3 is 2.93 bits per heavy atom. The second-order valence-corrected chi connectivity index (χ2v) is 4.36. The van der Waals surface area contributed by atoms with E-state index in [9.17, 15) is 0 Å². The highest BCUT2D eigenvalue weighted by molar-refractivity contribution is 5.79. The van der Waals surface area contributed by atoms with Crippen molar-refractivity contribution in [2.45, 2.75) is 37.8 Å². The Kier molecular flexibility index (Phi) is 3.43. The molecule has 0 radical (unpaired) electrons. The standard InChI is InChI=1S/C10H21N5/c1-12-10(14-11)13-8-5-7-15-6-3-2-4-9(8)15/h8-9H,2-7,11H2,1H3,(H2,12,13,14). The van der Waals surface area contributed by atoms with Gasteiger partial charge in [-0.1, -0.05) is 6.42 Å². The van der Waals surface area contributed by atoms with Gasteiger partial charge in [0.05, 0.1) is 0 Å². The largest absolute Gasteiger partial charge is 0.351 e.